The molecule has 102 valence electrons. The maximum atomic E-state index is 12.2. The first-order chi connectivity index (χ1) is 9.06. The average molecular weight is 299 g/mol. The summed E-state index contributed by atoms with van der Waals surface area (Å²) in [5.41, 5.74) is 1.00. The Hall–Kier alpha value is -1.09. The van der Waals surface area contributed by atoms with Gasteiger partial charge in [0.25, 0.3) is 0 Å². The molecule has 1 saturated carbocycles. The predicted molar refractivity (Wildman–Crippen MR) is 71.3 cm³/mol. The van der Waals surface area contributed by atoms with E-state index >= 15 is 0 Å². The minimum atomic E-state index is -3.57. The zero-order valence-corrected chi connectivity index (χ0v) is 11.6. The smallest absolute Gasteiger partial charge is 0.242 e. The van der Waals surface area contributed by atoms with Crippen molar-refractivity contribution >= 4 is 32.8 Å². The molecule has 0 spiro atoms. The number of rotatable bonds is 4. The van der Waals surface area contributed by atoms with Crippen LogP contribution in [0.3, 0.4) is 0 Å². The van der Waals surface area contributed by atoms with Crippen LogP contribution in [0.25, 0.3) is 11.0 Å². The third-order valence-corrected chi connectivity index (χ3v) is 5.31. The van der Waals surface area contributed by atoms with Crippen molar-refractivity contribution in [2.45, 2.75) is 23.8 Å². The third-order valence-electron chi connectivity index (χ3n) is 3.31. The van der Waals surface area contributed by atoms with Crippen LogP contribution >= 0.6 is 11.7 Å². The first-order valence-corrected chi connectivity index (χ1v) is 8.16. The molecular weight excluding hydrogens is 286 g/mol. The summed E-state index contributed by atoms with van der Waals surface area (Å²) < 4.78 is 35.1. The third kappa shape index (κ3) is 2.48. The van der Waals surface area contributed by atoms with Crippen molar-refractivity contribution in [2.75, 3.05) is 6.54 Å². The van der Waals surface area contributed by atoms with E-state index in [4.69, 9.17) is 0 Å². The van der Waals surface area contributed by atoms with Crippen molar-refractivity contribution in [1.82, 2.24) is 13.5 Å². The molecule has 2 aromatic rings. The minimum Gasteiger partial charge on any atom is -0.393 e. The maximum absolute atomic E-state index is 12.2. The van der Waals surface area contributed by atoms with Crippen LogP contribution in [-0.2, 0) is 10.0 Å². The molecule has 2 N–H and O–H groups in total. The van der Waals surface area contributed by atoms with Crippen LogP contribution in [0.1, 0.15) is 12.8 Å². The Labute approximate surface area is 114 Å². The van der Waals surface area contributed by atoms with Gasteiger partial charge in [-0.15, -0.1) is 0 Å². The van der Waals surface area contributed by atoms with E-state index in [1.807, 2.05) is 0 Å². The highest BCUT2D eigenvalue weighted by atomic mass is 32.2. The molecule has 1 aromatic carbocycles. The quantitative estimate of drug-likeness (QED) is 0.868. The van der Waals surface area contributed by atoms with Crippen LogP contribution in [0.2, 0.25) is 0 Å². The lowest BCUT2D eigenvalue weighted by Gasteiger charge is -2.31. The molecule has 3 rings (SSSR count). The Balaban J connectivity index is 1.81. The van der Waals surface area contributed by atoms with Gasteiger partial charge in [0.05, 0.1) is 17.8 Å². The first kappa shape index (κ1) is 12.9. The largest absolute Gasteiger partial charge is 0.393 e. The number of sulfonamides is 1. The van der Waals surface area contributed by atoms with Gasteiger partial charge < -0.3 is 5.11 Å². The van der Waals surface area contributed by atoms with E-state index in [1.165, 1.54) is 6.07 Å². The molecule has 0 atom stereocenters. The second-order valence-corrected chi connectivity index (χ2v) is 7.00. The lowest BCUT2D eigenvalue weighted by molar-refractivity contribution is 0.0453. The summed E-state index contributed by atoms with van der Waals surface area (Å²) in [6, 6.07) is 4.92. The van der Waals surface area contributed by atoms with Crippen molar-refractivity contribution in [1.29, 1.82) is 0 Å². The molecule has 1 aliphatic carbocycles. The van der Waals surface area contributed by atoms with Gasteiger partial charge >= 0.3 is 0 Å². The van der Waals surface area contributed by atoms with Gasteiger partial charge in [-0.05, 0) is 30.9 Å². The monoisotopic (exact) mass is 299 g/mol. The van der Waals surface area contributed by atoms with Crippen molar-refractivity contribution in [3.05, 3.63) is 18.2 Å². The Morgan fingerprint density at radius 1 is 1.37 bits per heavy atom. The predicted octanol–water partition coefficient (Wildman–Crippen LogP) is 0.740. The highest BCUT2D eigenvalue weighted by Gasteiger charge is 2.29. The molecule has 1 aliphatic rings. The molecule has 0 unspecified atom stereocenters. The topological polar surface area (TPSA) is 92.2 Å². The van der Waals surface area contributed by atoms with Gasteiger partial charge in [0.15, 0.2) is 0 Å². The lowest BCUT2D eigenvalue weighted by atomic mass is 9.83. The van der Waals surface area contributed by atoms with Gasteiger partial charge in [0.2, 0.25) is 10.0 Å². The molecule has 19 heavy (non-hydrogen) atoms. The van der Waals surface area contributed by atoms with E-state index in [9.17, 15) is 13.5 Å². The fourth-order valence-electron chi connectivity index (χ4n) is 2.17. The Bertz CT molecular complexity index is 692. The highest BCUT2D eigenvalue weighted by molar-refractivity contribution is 7.89. The fraction of sp³-hybridized carbons (Fsp3) is 0.455. The number of benzene rings is 1. The Morgan fingerprint density at radius 3 is 2.89 bits per heavy atom. The highest BCUT2D eigenvalue weighted by Crippen LogP contribution is 2.27. The van der Waals surface area contributed by atoms with Crippen LogP contribution in [0.15, 0.2) is 23.1 Å². The Kier molecular flexibility index (Phi) is 3.25. The lowest BCUT2D eigenvalue weighted by Crippen LogP contribution is -2.38. The summed E-state index contributed by atoms with van der Waals surface area (Å²) in [5.74, 6) is 0.220. The number of hydrogen-bond donors (Lipinski definition) is 2. The SMILES string of the molecule is O=S(=O)(NCC1CC(O)C1)c1cccc2nsnc12. The number of aromatic nitrogens is 2. The van der Waals surface area contributed by atoms with Crippen LogP contribution in [0.5, 0.6) is 0 Å². The zero-order chi connectivity index (χ0) is 13.5. The summed E-state index contributed by atoms with van der Waals surface area (Å²) in [6.07, 6.45) is 1.04. The number of hydrogen-bond acceptors (Lipinski definition) is 6. The second-order valence-electron chi connectivity index (χ2n) is 4.73. The molecule has 0 bridgehead atoms. The molecule has 1 fully saturated rings. The summed E-state index contributed by atoms with van der Waals surface area (Å²) >= 11 is 0.998. The molecule has 0 radical (unpaired) electrons. The van der Waals surface area contributed by atoms with Crippen LogP contribution in [0, 0.1) is 5.92 Å². The number of aliphatic hydroxyl groups is 1. The van der Waals surface area contributed by atoms with Crippen LogP contribution < -0.4 is 4.72 Å². The van der Waals surface area contributed by atoms with Crippen molar-refractivity contribution in [3.8, 4) is 0 Å². The fourth-order valence-corrected chi connectivity index (χ4v) is 4.05. The summed E-state index contributed by atoms with van der Waals surface area (Å²) in [5, 5.41) is 9.18. The summed E-state index contributed by atoms with van der Waals surface area (Å²) in [6.45, 7) is 0.355. The number of fused-ring (bicyclic) bond motifs is 1. The van der Waals surface area contributed by atoms with Crippen molar-refractivity contribution in [3.63, 3.8) is 0 Å². The minimum absolute atomic E-state index is 0.165. The number of aliphatic hydroxyl groups excluding tert-OH is 1. The average Bonchev–Trinajstić information content (AvgIpc) is 2.81. The van der Waals surface area contributed by atoms with Crippen molar-refractivity contribution in [2.24, 2.45) is 5.92 Å². The van der Waals surface area contributed by atoms with Crippen molar-refractivity contribution < 1.29 is 13.5 Å². The molecule has 0 amide bonds. The van der Waals surface area contributed by atoms with E-state index < -0.39 is 10.0 Å². The molecule has 0 saturated heterocycles. The molecule has 0 aliphatic heterocycles. The van der Waals surface area contributed by atoms with Gasteiger partial charge in [-0.2, -0.15) is 8.75 Å². The van der Waals surface area contributed by atoms with E-state index in [1.54, 1.807) is 12.1 Å². The van der Waals surface area contributed by atoms with E-state index in [0.717, 1.165) is 11.7 Å². The summed E-state index contributed by atoms with van der Waals surface area (Å²) in [7, 11) is -3.57. The van der Waals surface area contributed by atoms with E-state index in [0.29, 0.717) is 30.4 Å². The second kappa shape index (κ2) is 4.78. The van der Waals surface area contributed by atoms with Crippen LogP contribution in [0.4, 0.5) is 0 Å². The zero-order valence-electron chi connectivity index (χ0n) is 9.98. The van der Waals surface area contributed by atoms with Gasteiger partial charge in [0.1, 0.15) is 15.9 Å². The molecular formula is C11H13N3O3S2. The van der Waals surface area contributed by atoms with E-state index in [-0.39, 0.29) is 16.9 Å². The molecule has 6 nitrogen and oxygen atoms in total. The van der Waals surface area contributed by atoms with Crippen LogP contribution in [-0.4, -0.2) is 34.9 Å². The molecule has 1 heterocycles. The standard InChI is InChI=1S/C11H13N3O3S2/c15-8-4-7(5-8)6-12-19(16,17)10-3-1-2-9-11(10)14-18-13-9/h1-3,7-8,12,15H,4-6H2. The molecule has 8 heteroatoms. The van der Waals surface area contributed by atoms with Gasteiger partial charge in [-0.25, -0.2) is 13.1 Å². The summed E-state index contributed by atoms with van der Waals surface area (Å²) in [4.78, 5) is 0.165. The normalized spacial score (nSPS) is 23.4. The maximum Gasteiger partial charge on any atom is 0.242 e. The first-order valence-electron chi connectivity index (χ1n) is 5.95. The van der Waals surface area contributed by atoms with Gasteiger partial charge in [-0.3, -0.25) is 0 Å². The molecule has 1 aromatic heterocycles. The van der Waals surface area contributed by atoms with Gasteiger partial charge in [0, 0.05) is 6.54 Å². The number of nitrogens with zero attached hydrogens (tertiary/aromatic N) is 2. The van der Waals surface area contributed by atoms with E-state index in [2.05, 4.69) is 13.5 Å². The Morgan fingerprint density at radius 2 is 2.16 bits per heavy atom. The number of nitrogens with one attached hydrogen (secondary N) is 1. The van der Waals surface area contributed by atoms with Gasteiger partial charge in [-0.1, -0.05) is 6.07 Å².